The number of nitrogens with zero attached hydrogens (tertiary/aromatic N) is 2. The summed E-state index contributed by atoms with van der Waals surface area (Å²) in [5, 5.41) is 6.72. The molecule has 1 aliphatic rings. The second kappa shape index (κ2) is 4.44. The zero-order valence-electron chi connectivity index (χ0n) is 9.47. The van der Waals surface area contributed by atoms with Crippen molar-refractivity contribution < 1.29 is 14.3 Å². The Hall–Kier alpha value is -2.05. The van der Waals surface area contributed by atoms with Gasteiger partial charge in [0, 0.05) is 12.2 Å². The van der Waals surface area contributed by atoms with Crippen molar-refractivity contribution in [3.05, 3.63) is 11.9 Å². The summed E-state index contributed by atoms with van der Waals surface area (Å²) in [6.45, 7) is 0.0533. The van der Waals surface area contributed by atoms with Gasteiger partial charge in [0.1, 0.15) is 6.54 Å². The van der Waals surface area contributed by atoms with E-state index in [1.165, 1.54) is 18.0 Å². The lowest BCUT2D eigenvalue weighted by atomic mass is 10.4. The van der Waals surface area contributed by atoms with Gasteiger partial charge in [-0.15, -0.1) is 0 Å². The number of carbonyl (C=O) groups excluding carboxylic acids is 2. The molecule has 1 aromatic rings. The minimum absolute atomic E-state index is 0.0340. The molecule has 1 heterocycles. The molecule has 0 bridgehead atoms. The second-order valence-corrected chi connectivity index (χ2v) is 3.96. The highest BCUT2D eigenvalue weighted by Gasteiger charge is 2.23. The van der Waals surface area contributed by atoms with Crippen molar-refractivity contribution in [1.29, 1.82) is 0 Å². The Morgan fingerprint density at radius 3 is 2.94 bits per heavy atom. The molecular weight excluding hydrogens is 224 g/mol. The Bertz CT molecular complexity index is 450. The van der Waals surface area contributed by atoms with E-state index < -0.39 is 5.97 Å². The summed E-state index contributed by atoms with van der Waals surface area (Å²) in [4.78, 5) is 22.7. The SMILES string of the molecule is COC(=O)c1nn(CC(=O)NC2CC2)cc1N. The number of aromatic nitrogens is 2. The van der Waals surface area contributed by atoms with E-state index in [0.717, 1.165) is 12.8 Å². The van der Waals surface area contributed by atoms with Crippen molar-refractivity contribution in [1.82, 2.24) is 15.1 Å². The first-order valence-electron chi connectivity index (χ1n) is 5.30. The number of hydrogen-bond donors (Lipinski definition) is 2. The molecule has 0 unspecified atom stereocenters. The molecule has 0 saturated heterocycles. The van der Waals surface area contributed by atoms with Gasteiger partial charge in [-0.2, -0.15) is 5.10 Å². The van der Waals surface area contributed by atoms with Crippen molar-refractivity contribution in [3.63, 3.8) is 0 Å². The third kappa shape index (κ3) is 2.74. The van der Waals surface area contributed by atoms with Gasteiger partial charge in [0.05, 0.1) is 12.8 Å². The van der Waals surface area contributed by atoms with Gasteiger partial charge in [-0.3, -0.25) is 9.48 Å². The van der Waals surface area contributed by atoms with Crippen molar-refractivity contribution >= 4 is 17.6 Å². The predicted octanol–water partition coefficient (Wildman–Crippen LogP) is -0.469. The van der Waals surface area contributed by atoms with Gasteiger partial charge in [-0.25, -0.2) is 4.79 Å². The van der Waals surface area contributed by atoms with Crippen LogP contribution in [0.15, 0.2) is 6.20 Å². The lowest BCUT2D eigenvalue weighted by Crippen LogP contribution is -2.29. The minimum Gasteiger partial charge on any atom is -0.464 e. The van der Waals surface area contributed by atoms with Crippen molar-refractivity contribution in [2.45, 2.75) is 25.4 Å². The fourth-order valence-electron chi connectivity index (χ4n) is 1.42. The first-order chi connectivity index (χ1) is 8.10. The molecule has 1 saturated carbocycles. The molecule has 1 amide bonds. The summed E-state index contributed by atoms with van der Waals surface area (Å²) in [6, 6.07) is 0.301. The number of amides is 1. The average molecular weight is 238 g/mol. The van der Waals surface area contributed by atoms with E-state index in [-0.39, 0.29) is 23.8 Å². The van der Waals surface area contributed by atoms with Crippen LogP contribution in [-0.2, 0) is 16.1 Å². The van der Waals surface area contributed by atoms with Crippen molar-refractivity contribution in [3.8, 4) is 0 Å². The summed E-state index contributed by atoms with van der Waals surface area (Å²) in [7, 11) is 1.25. The molecule has 1 aliphatic carbocycles. The topological polar surface area (TPSA) is 99.2 Å². The molecule has 7 nitrogen and oxygen atoms in total. The molecule has 3 N–H and O–H groups in total. The van der Waals surface area contributed by atoms with Crippen LogP contribution in [0.5, 0.6) is 0 Å². The van der Waals surface area contributed by atoms with Crippen molar-refractivity contribution in [2.24, 2.45) is 0 Å². The van der Waals surface area contributed by atoms with Crippen LogP contribution >= 0.6 is 0 Å². The summed E-state index contributed by atoms with van der Waals surface area (Å²) in [5.41, 5.74) is 5.83. The third-order valence-electron chi connectivity index (χ3n) is 2.42. The van der Waals surface area contributed by atoms with Crippen LogP contribution in [-0.4, -0.2) is 34.8 Å². The van der Waals surface area contributed by atoms with E-state index >= 15 is 0 Å². The fraction of sp³-hybridized carbons (Fsp3) is 0.500. The number of nitrogens with two attached hydrogens (primary N) is 1. The molecule has 0 atom stereocenters. The van der Waals surface area contributed by atoms with E-state index in [9.17, 15) is 9.59 Å². The molecule has 17 heavy (non-hydrogen) atoms. The number of nitrogens with one attached hydrogen (secondary N) is 1. The van der Waals surface area contributed by atoms with E-state index in [1.807, 2.05) is 0 Å². The predicted molar refractivity (Wildman–Crippen MR) is 59.1 cm³/mol. The molecule has 0 aliphatic heterocycles. The number of rotatable bonds is 4. The minimum atomic E-state index is -0.608. The largest absolute Gasteiger partial charge is 0.464 e. The zero-order valence-corrected chi connectivity index (χ0v) is 9.47. The van der Waals surface area contributed by atoms with Gasteiger partial charge >= 0.3 is 5.97 Å². The Labute approximate surface area is 97.9 Å². The van der Waals surface area contributed by atoms with Crippen LogP contribution in [0.4, 0.5) is 5.69 Å². The standard InChI is InChI=1S/C10H14N4O3/c1-17-10(16)9-7(11)4-14(13-9)5-8(15)12-6-2-3-6/h4,6H,2-3,5,11H2,1H3,(H,12,15). The van der Waals surface area contributed by atoms with Gasteiger partial charge in [0.15, 0.2) is 5.69 Å². The fourth-order valence-corrected chi connectivity index (χ4v) is 1.42. The highest BCUT2D eigenvalue weighted by atomic mass is 16.5. The van der Waals surface area contributed by atoms with Crippen LogP contribution in [0, 0.1) is 0 Å². The van der Waals surface area contributed by atoms with E-state index in [0.29, 0.717) is 6.04 Å². The van der Waals surface area contributed by atoms with Gasteiger partial charge in [0.25, 0.3) is 0 Å². The van der Waals surface area contributed by atoms with Gasteiger partial charge < -0.3 is 15.8 Å². The van der Waals surface area contributed by atoms with Crippen molar-refractivity contribution in [2.75, 3.05) is 12.8 Å². The smallest absolute Gasteiger partial charge is 0.360 e. The van der Waals surface area contributed by atoms with Crippen LogP contribution in [0.25, 0.3) is 0 Å². The first-order valence-corrected chi connectivity index (χ1v) is 5.30. The molecule has 2 rings (SSSR count). The lowest BCUT2D eigenvalue weighted by molar-refractivity contribution is -0.122. The molecule has 1 fully saturated rings. The number of ether oxygens (including phenoxy) is 1. The normalized spacial score (nSPS) is 14.4. The lowest BCUT2D eigenvalue weighted by Gasteiger charge is -2.02. The molecule has 7 heteroatoms. The third-order valence-corrected chi connectivity index (χ3v) is 2.42. The first kappa shape index (κ1) is 11.4. The molecule has 92 valence electrons. The highest BCUT2D eigenvalue weighted by molar-refractivity contribution is 5.92. The maximum atomic E-state index is 11.5. The number of hydrogen-bond acceptors (Lipinski definition) is 5. The number of carbonyl (C=O) groups is 2. The Balaban J connectivity index is 2.00. The molecular formula is C10H14N4O3. The summed E-state index contributed by atoms with van der Waals surface area (Å²) in [6.07, 6.45) is 3.50. The summed E-state index contributed by atoms with van der Waals surface area (Å²) < 4.78 is 5.85. The van der Waals surface area contributed by atoms with Crippen LogP contribution in [0.2, 0.25) is 0 Å². The monoisotopic (exact) mass is 238 g/mol. The van der Waals surface area contributed by atoms with E-state index in [2.05, 4.69) is 15.2 Å². The maximum absolute atomic E-state index is 11.5. The number of nitrogen functional groups attached to an aromatic ring is 1. The van der Waals surface area contributed by atoms with E-state index in [1.54, 1.807) is 0 Å². The Morgan fingerprint density at radius 1 is 1.65 bits per heavy atom. The number of esters is 1. The van der Waals surface area contributed by atoms with Crippen LogP contribution in [0.3, 0.4) is 0 Å². The molecule has 0 radical (unpaired) electrons. The average Bonchev–Trinajstić information content (AvgIpc) is 3.00. The highest BCUT2D eigenvalue weighted by Crippen LogP contribution is 2.18. The van der Waals surface area contributed by atoms with Gasteiger partial charge in [-0.05, 0) is 12.8 Å². The summed E-state index contributed by atoms with van der Waals surface area (Å²) in [5.74, 6) is -0.740. The van der Waals surface area contributed by atoms with Crippen LogP contribution in [0.1, 0.15) is 23.3 Å². The van der Waals surface area contributed by atoms with Crippen LogP contribution < -0.4 is 11.1 Å². The maximum Gasteiger partial charge on any atom is 0.360 e. The van der Waals surface area contributed by atoms with E-state index in [4.69, 9.17) is 5.73 Å². The Kier molecular flexibility index (Phi) is 2.99. The second-order valence-electron chi connectivity index (χ2n) is 3.96. The summed E-state index contributed by atoms with van der Waals surface area (Å²) >= 11 is 0. The zero-order chi connectivity index (χ0) is 12.4. The number of anilines is 1. The molecule has 0 spiro atoms. The molecule has 1 aromatic heterocycles. The number of methoxy groups -OCH3 is 1. The quantitative estimate of drug-likeness (QED) is 0.691. The van der Waals surface area contributed by atoms with Gasteiger partial charge in [-0.1, -0.05) is 0 Å². The molecule has 0 aromatic carbocycles. The van der Waals surface area contributed by atoms with Gasteiger partial charge in [0.2, 0.25) is 5.91 Å². The Morgan fingerprint density at radius 2 is 2.35 bits per heavy atom.